The number of rotatable bonds is 4. The van der Waals surface area contributed by atoms with Crippen LogP contribution in [-0.2, 0) is 11.3 Å². The molecule has 1 saturated heterocycles. The van der Waals surface area contributed by atoms with Gasteiger partial charge >= 0.3 is 6.03 Å². The first-order valence-corrected chi connectivity index (χ1v) is 7.49. The number of imide groups is 1. The Labute approximate surface area is 140 Å². The van der Waals surface area contributed by atoms with Crippen molar-refractivity contribution in [2.45, 2.75) is 32.9 Å². The number of amides is 3. The van der Waals surface area contributed by atoms with Gasteiger partial charge in [-0.3, -0.25) is 9.79 Å². The molecule has 0 spiro atoms. The second kappa shape index (κ2) is 6.35. The highest BCUT2D eigenvalue weighted by Crippen LogP contribution is 2.33. The molecule has 24 heavy (non-hydrogen) atoms. The van der Waals surface area contributed by atoms with Crippen LogP contribution in [0.4, 0.5) is 4.79 Å². The number of allylic oxidation sites excluding steroid dienone is 2. The van der Waals surface area contributed by atoms with Crippen LogP contribution in [0.3, 0.4) is 0 Å². The normalized spacial score (nSPS) is 18.1. The molecule has 1 fully saturated rings. The number of phenolic OH excluding ortho intramolecular Hbond substituents is 2. The third kappa shape index (κ3) is 2.84. The monoisotopic (exact) mass is 331 g/mol. The maximum absolute atomic E-state index is 12.8. The van der Waals surface area contributed by atoms with Crippen LogP contribution in [0.5, 0.6) is 11.5 Å². The summed E-state index contributed by atoms with van der Waals surface area (Å²) < 4.78 is 0. The van der Waals surface area contributed by atoms with Gasteiger partial charge < -0.3 is 15.1 Å². The second-order valence-electron chi connectivity index (χ2n) is 5.99. The summed E-state index contributed by atoms with van der Waals surface area (Å²) in [6.45, 7) is 5.20. The number of aliphatic imine (C=N–C) groups is 1. The van der Waals surface area contributed by atoms with Gasteiger partial charge in [0.2, 0.25) is 0 Å². The van der Waals surface area contributed by atoms with E-state index < -0.39 is 11.6 Å². The highest BCUT2D eigenvalue weighted by molar-refractivity contribution is 6.11. The number of phenols is 2. The maximum atomic E-state index is 12.8. The van der Waals surface area contributed by atoms with Gasteiger partial charge in [-0.25, -0.2) is 9.69 Å². The highest BCUT2D eigenvalue weighted by atomic mass is 16.3. The number of aromatic hydroxyl groups is 2. The van der Waals surface area contributed by atoms with Gasteiger partial charge in [0.05, 0.1) is 5.70 Å². The average Bonchev–Trinajstić information content (AvgIpc) is 2.69. The molecule has 7 nitrogen and oxygen atoms in total. The molecular formula is C17H21N3O4. The van der Waals surface area contributed by atoms with Crippen LogP contribution in [0.1, 0.15) is 26.3 Å². The van der Waals surface area contributed by atoms with Gasteiger partial charge in [0, 0.05) is 19.8 Å². The van der Waals surface area contributed by atoms with Crippen LogP contribution < -0.4 is 0 Å². The number of nitrogens with zero attached hydrogens (tertiary/aromatic N) is 3. The van der Waals surface area contributed by atoms with E-state index >= 15 is 0 Å². The Kier molecular flexibility index (Phi) is 4.64. The van der Waals surface area contributed by atoms with Gasteiger partial charge in [0.1, 0.15) is 5.54 Å². The predicted octanol–water partition coefficient (Wildman–Crippen LogP) is 2.25. The molecule has 3 amide bonds. The first-order valence-electron chi connectivity index (χ1n) is 7.49. The zero-order chi connectivity index (χ0) is 18.1. The lowest BCUT2D eigenvalue weighted by molar-refractivity contribution is -0.130. The van der Waals surface area contributed by atoms with Gasteiger partial charge in [-0.2, -0.15) is 0 Å². The van der Waals surface area contributed by atoms with Gasteiger partial charge in [-0.1, -0.05) is 12.1 Å². The van der Waals surface area contributed by atoms with Crippen molar-refractivity contribution in [1.82, 2.24) is 9.80 Å². The van der Waals surface area contributed by atoms with E-state index in [0.717, 1.165) is 4.90 Å². The molecule has 1 heterocycles. The minimum Gasteiger partial charge on any atom is -0.504 e. The molecule has 0 bridgehead atoms. The van der Waals surface area contributed by atoms with E-state index in [9.17, 15) is 19.8 Å². The number of urea groups is 1. The summed E-state index contributed by atoms with van der Waals surface area (Å²) in [5, 5.41) is 19.0. The summed E-state index contributed by atoms with van der Waals surface area (Å²) in [7, 11) is 1.57. The quantitative estimate of drug-likeness (QED) is 0.503. The molecule has 1 aromatic rings. The summed E-state index contributed by atoms with van der Waals surface area (Å²) in [6, 6.07) is 3.86. The van der Waals surface area contributed by atoms with E-state index in [1.54, 1.807) is 40.0 Å². The van der Waals surface area contributed by atoms with Crippen LogP contribution in [0, 0.1) is 0 Å². The fourth-order valence-corrected chi connectivity index (χ4v) is 2.57. The van der Waals surface area contributed by atoms with E-state index in [1.165, 1.54) is 23.2 Å². The molecule has 0 radical (unpaired) electrons. The Morgan fingerprint density at radius 3 is 2.46 bits per heavy atom. The first-order chi connectivity index (χ1) is 11.2. The van der Waals surface area contributed by atoms with Crippen molar-refractivity contribution in [3.05, 3.63) is 35.5 Å². The van der Waals surface area contributed by atoms with Gasteiger partial charge in [0.25, 0.3) is 5.91 Å². The molecule has 2 rings (SSSR count). The van der Waals surface area contributed by atoms with E-state index in [-0.39, 0.29) is 24.0 Å². The van der Waals surface area contributed by atoms with E-state index in [0.29, 0.717) is 11.3 Å². The fourth-order valence-electron chi connectivity index (χ4n) is 2.57. The van der Waals surface area contributed by atoms with Crippen LogP contribution in [0.25, 0.3) is 0 Å². The highest BCUT2D eigenvalue weighted by Gasteiger charge is 2.52. The fraction of sp³-hybridized carbons (Fsp3) is 0.353. The second-order valence-corrected chi connectivity index (χ2v) is 5.99. The van der Waals surface area contributed by atoms with Gasteiger partial charge in [0.15, 0.2) is 11.5 Å². The van der Waals surface area contributed by atoms with E-state index in [2.05, 4.69) is 4.99 Å². The molecule has 1 aliphatic rings. The number of hydrogen-bond donors (Lipinski definition) is 2. The molecule has 128 valence electrons. The van der Waals surface area contributed by atoms with Gasteiger partial charge in [-0.05, 0) is 38.5 Å². The summed E-state index contributed by atoms with van der Waals surface area (Å²) in [5.74, 6) is -0.852. The minimum atomic E-state index is -1.04. The van der Waals surface area contributed by atoms with E-state index in [4.69, 9.17) is 0 Å². The van der Waals surface area contributed by atoms with Crippen molar-refractivity contribution in [1.29, 1.82) is 0 Å². The smallest absolute Gasteiger partial charge is 0.332 e. The predicted molar refractivity (Wildman–Crippen MR) is 89.8 cm³/mol. The van der Waals surface area contributed by atoms with E-state index in [1.807, 2.05) is 0 Å². The maximum Gasteiger partial charge on any atom is 0.332 e. The third-order valence-corrected chi connectivity index (χ3v) is 4.02. The van der Waals surface area contributed by atoms with Crippen molar-refractivity contribution in [2.24, 2.45) is 4.99 Å². The molecular weight excluding hydrogens is 310 g/mol. The Bertz CT molecular complexity index is 737. The topological polar surface area (TPSA) is 93.4 Å². The number of benzene rings is 1. The largest absolute Gasteiger partial charge is 0.504 e. The van der Waals surface area contributed by atoms with Crippen molar-refractivity contribution in [2.75, 3.05) is 7.05 Å². The number of hydrogen-bond acceptors (Lipinski definition) is 5. The summed E-state index contributed by atoms with van der Waals surface area (Å²) in [6.07, 6.45) is 3.11. The summed E-state index contributed by atoms with van der Waals surface area (Å²) >= 11 is 0. The number of carbonyl (C=O) groups excluding carboxylic acids is 2. The zero-order valence-corrected chi connectivity index (χ0v) is 14.1. The molecule has 0 saturated carbocycles. The third-order valence-electron chi connectivity index (χ3n) is 4.02. The lowest BCUT2D eigenvalue weighted by Gasteiger charge is -2.27. The Morgan fingerprint density at radius 2 is 1.92 bits per heavy atom. The molecule has 1 aromatic carbocycles. The standard InChI is InChI=1S/C17H21N3O4/c1-5-12(9-18-4)20-15(23)17(2,3)19(16(20)24)10-11-6-7-13(21)14(22)8-11/h5-9,21-22H,10H2,1-4H3. The minimum absolute atomic E-state index is 0.127. The molecule has 2 N–H and O–H groups in total. The Morgan fingerprint density at radius 1 is 1.25 bits per heavy atom. The average molecular weight is 331 g/mol. The van der Waals surface area contributed by atoms with Gasteiger partial charge in [-0.15, -0.1) is 0 Å². The van der Waals surface area contributed by atoms with Crippen LogP contribution in [0.15, 0.2) is 35.0 Å². The van der Waals surface area contributed by atoms with Crippen molar-refractivity contribution in [3.8, 4) is 11.5 Å². The number of carbonyl (C=O) groups is 2. The molecule has 0 aliphatic carbocycles. The summed E-state index contributed by atoms with van der Waals surface area (Å²) in [4.78, 5) is 31.9. The molecule has 0 atom stereocenters. The molecule has 0 aromatic heterocycles. The lowest BCUT2D eigenvalue weighted by Crippen LogP contribution is -2.43. The van der Waals surface area contributed by atoms with Crippen LogP contribution in [0.2, 0.25) is 0 Å². The van der Waals surface area contributed by atoms with Crippen LogP contribution in [-0.4, -0.2) is 50.8 Å². The Balaban J connectivity index is 2.38. The molecule has 0 unspecified atom stereocenters. The molecule has 1 aliphatic heterocycles. The molecule has 7 heteroatoms. The summed E-state index contributed by atoms with van der Waals surface area (Å²) in [5.41, 5.74) is -0.0235. The van der Waals surface area contributed by atoms with Crippen molar-refractivity contribution in [3.63, 3.8) is 0 Å². The van der Waals surface area contributed by atoms with Crippen molar-refractivity contribution < 1.29 is 19.8 Å². The van der Waals surface area contributed by atoms with Crippen LogP contribution >= 0.6 is 0 Å². The Hall–Kier alpha value is -2.83. The van der Waals surface area contributed by atoms with Crippen molar-refractivity contribution >= 4 is 18.2 Å². The zero-order valence-electron chi connectivity index (χ0n) is 14.1. The SMILES string of the molecule is CC=C(C=NC)N1C(=O)N(Cc2ccc(O)c(O)c2)C(C)(C)C1=O. The lowest BCUT2D eigenvalue weighted by atomic mass is 10.0. The first kappa shape index (κ1) is 17.5.